The highest BCUT2D eigenvalue weighted by atomic mass is 16.5. The minimum Gasteiger partial charge on any atom is -0.361 e. The van der Waals surface area contributed by atoms with Crippen molar-refractivity contribution in [1.82, 2.24) is 30.0 Å². The molecule has 28 heavy (non-hydrogen) atoms. The molecule has 1 saturated heterocycles. The highest BCUT2D eigenvalue weighted by molar-refractivity contribution is 5.93. The van der Waals surface area contributed by atoms with Gasteiger partial charge in [-0.3, -0.25) is 14.8 Å². The lowest BCUT2D eigenvalue weighted by molar-refractivity contribution is 0.0786. The van der Waals surface area contributed by atoms with Crippen LogP contribution in [-0.2, 0) is 6.42 Å². The first-order chi connectivity index (χ1) is 13.5. The maximum absolute atomic E-state index is 12.7. The molecule has 1 unspecified atom stereocenters. The molecule has 0 spiro atoms. The number of aromatic nitrogens is 5. The molecule has 0 bridgehead atoms. The second kappa shape index (κ2) is 7.46. The van der Waals surface area contributed by atoms with Gasteiger partial charge >= 0.3 is 0 Å². The van der Waals surface area contributed by atoms with Crippen LogP contribution in [0.3, 0.4) is 0 Å². The van der Waals surface area contributed by atoms with E-state index >= 15 is 0 Å². The van der Waals surface area contributed by atoms with Crippen LogP contribution in [0.15, 0.2) is 29.3 Å². The van der Waals surface area contributed by atoms with Crippen molar-refractivity contribution in [1.29, 1.82) is 0 Å². The van der Waals surface area contributed by atoms with Gasteiger partial charge in [-0.25, -0.2) is 9.97 Å². The Labute approximate surface area is 163 Å². The number of carbonyl (C=O) groups excluding carboxylic acids is 1. The number of rotatable bonds is 4. The van der Waals surface area contributed by atoms with Gasteiger partial charge in [-0.05, 0) is 39.5 Å². The van der Waals surface area contributed by atoms with Gasteiger partial charge in [0.2, 0.25) is 0 Å². The molecule has 0 N–H and O–H groups in total. The third-order valence-corrected chi connectivity index (χ3v) is 5.13. The van der Waals surface area contributed by atoms with Crippen molar-refractivity contribution in [2.24, 2.45) is 5.92 Å². The largest absolute Gasteiger partial charge is 0.361 e. The highest BCUT2D eigenvalue weighted by Gasteiger charge is 2.29. The smallest absolute Gasteiger partial charge is 0.256 e. The van der Waals surface area contributed by atoms with Gasteiger partial charge in [0, 0.05) is 37.9 Å². The molecule has 8 nitrogen and oxygen atoms in total. The molecule has 0 saturated carbocycles. The Morgan fingerprint density at radius 1 is 1.14 bits per heavy atom. The summed E-state index contributed by atoms with van der Waals surface area (Å²) in [6.45, 7) is 7.00. The van der Waals surface area contributed by atoms with E-state index in [0.717, 1.165) is 47.8 Å². The van der Waals surface area contributed by atoms with Gasteiger partial charge in [0.25, 0.3) is 5.91 Å². The molecule has 1 aliphatic rings. The molecule has 1 atom stereocenters. The van der Waals surface area contributed by atoms with Crippen LogP contribution in [0.1, 0.15) is 39.8 Å². The monoisotopic (exact) mass is 378 g/mol. The quantitative estimate of drug-likeness (QED) is 0.688. The lowest BCUT2D eigenvalue weighted by atomic mass is 9.98. The maximum Gasteiger partial charge on any atom is 0.256 e. The predicted molar refractivity (Wildman–Crippen MR) is 101 cm³/mol. The van der Waals surface area contributed by atoms with Crippen LogP contribution in [0.2, 0.25) is 0 Å². The standard InChI is InChI=1S/C20H22N6O2/c1-12-18(13(2)28-25-12)19-17(21-5-6-22-19)8-15-4-7-26(11-15)20(27)16-9-23-14(3)24-10-16/h5-6,9-10,15H,4,7-8,11H2,1-3H3. The van der Waals surface area contributed by atoms with E-state index in [9.17, 15) is 4.79 Å². The Morgan fingerprint density at radius 2 is 1.89 bits per heavy atom. The summed E-state index contributed by atoms with van der Waals surface area (Å²) in [5.74, 6) is 1.70. The van der Waals surface area contributed by atoms with Gasteiger partial charge in [0.1, 0.15) is 11.6 Å². The minimum absolute atomic E-state index is 0.0207. The fourth-order valence-electron chi connectivity index (χ4n) is 3.69. The molecule has 1 fully saturated rings. The molecule has 4 heterocycles. The Balaban J connectivity index is 1.50. The van der Waals surface area contributed by atoms with Crippen molar-refractivity contribution in [3.8, 4) is 11.3 Å². The fraction of sp³-hybridized carbons (Fsp3) is 0.400. The molecular weight excluding hydrogens is 356 g/mol. The summed E-state index contributed by atoms with van der Waals surface area (Å²) in [4.78, 5) is 31.9. The van der Waals surface area contributed by atoms with Crippen LogP contribution in [0, 0.1) is 26.7 Å². The van der Waals surface area contributed by atoms with E-state index in [0.29, 0.717) is 23.9 Å². The van der Waals surface area contributed by atoms with Crippen LogP contribution >= 0.6 is 0 Å². The van der Waals surface area contributed by atoms with Crippen molar-refractivity contribution in [2.75, 3.05) is 13.1 Å². The van der Waals surface area contributed by atoms with E-state index in [4.69, 9.17) is 4.52 Å². The van der Waals surface area contributed by atoms with Crippen LogP contribution in [0.4, 0.5) is 0 Å². The summed E-state index contributed by atoms with van der Waals surface area (Å²) in [6.07, 6.45) is 8.26. The lowest BCUT2D eigenvalue weighted by Gasteiger charge is -2.16. The topological polar surface area (TPSA) is 97.9 Å². The van der Waals surface area contributed by atoms with Gasteiger partial charge < -0.3 is 9.42 Å². The predicted octanol–water partition coefficient (Wildman–Crippen LogP) is 2.55. The summed E-state index contributed by atoms with van der Waals surface area (Å²) in [6, 6.07) is 0. The summed E-state index contributed by atoms with van der Waals surface area (Å²) in [5.41, 5.74) is 3.97. The molecule has 1 aliphatic heterocycles. The number of aryl methyl sites for hydroxylation is 3. The summed E-state index contributed by atoms with van der Waals surface area (Å²) in [5, 5.41) is 4.03. The summed E-state index contributed by atoms with van der Waals surface area (Å²) >= 11 is 0. The minimum atomic E-state index is -0.0207. The van der Waals surface area contributed by atoms with Crippen LogP contribution < -0.4 is 0 Å². The summed E-state index contributed by atoms with van der Waals surface area (Å²) < 4.78 is 5.30. The Hall–Kier alpha value is -3.16. The lowest BCUT2D eigenvalue weighted by Crippen LogP contribution is -2.29. The van der Waals surface area contributed by atoms with E-state index < -0.39 is 0 Å². The van der Waals surface area contributed by atoms with Gasteiger partial charge in [0.15, 0.2) is 0 Å². The Kier molecular flexibility index (Phi) is 4.85. The molecule has 3 aromatic heterocycles. The van der Waals surface area contributed by atoms with Crippen molar-refractivity contribution in [3.63, 3.8) is 0 Å². The number of likely N-dealkylation sites (tertiary alicyclic amines) is 1. The van der Waals surface area contributed by atoms with Crippen molar-refractivity contribution in [3.05, 3.63) is 53.3 Å². The molecule has 0 radical (unpaired) electrons. The maximum atomic E-state index is 12.7. The van der Waals surface area contributed by atoms with Crippen molar-refractivity contribution < 1.29 is 9.32 Å². The number of amides is 1. The van der Waals surface area contributed by atoms with Crippen LogP contribution in [0.5, 0.6) is 0 Å². The summed E-state index contributed by atoms with van der Waals surface area (Å²) in [7, 11) is 0. The fourth-order valence-corrected chi connectivity index (χ4v) is 3.69. The zero-order valence-corrected chi connectivity index (χ0v) is 16.2. The molecule has 4 rings (SSSR count). The molecule has 1 amide bonds. The van der Waals surface area contributed by atoms with Gasteiger partial charge in [-0.15, -0.1) is 0 Å². The molecule has 0 aromatic carbocycles. The first-order valence-corrected chi connectivity index (χ1v) is 9.34. The first-order valence-electron chi connectivity index (χ1n) is 9.34. The van der Waals surface area contributed by atoms with Crippen LogP contribution in [0.25, 0.3) is 11.3 Å². The van der Waals surface area contributed by atoms with E-state index in [1.807, 2.05) is 18.7 Å². The zero-order valence-electron chi connectivity index (χ0n) is 16.2. The van der Waals surface area contributed by atoms with Crippen molar-refractivity contribution >= 4 is 5.91 Å². The van der Waals surface area contributed by atoms with E-state index in [2.05, 4.69) is 25.1 Å². The number of carbonyl (C=O) groups is 1. The molecule has 144 valence electrons. The molecule has 0 aliphatic carbocycles. The second-order valence-corrected chi connectivity index (χ2v) is 7.18. The third kappa shape index (κ3) is 3.49. The molecule has 8 heteroatoms. The third-order valence-electron chi connectivity index (χ3n) is 5.13. The Bertz CT molecular complexity index is 979. The molecular formula is C20H22N6O2. The number of hydrogen-bond acceptors (Lipinski definition) is 7. The highest BCUT2D eigenvalue weighted by Crippen LogP contribution is 2.30. The van der Waals surface area contributed by atoms with E-state index in [-0.39, 0.29) is 5.91 Å². The first kappa shape index (κ1) is 18.2. The van der Waals surface area contributed by atoms with E-state index in [1.54, 1.807) is 31.7 Å². The Morgan fingerprint density at radius 3 is 2.61 bits per heavy atom. The van der Waals surface area contributed by atoms with Gasteiger partial charge in [0.05, 0.1) is 28.2 Å². The second-order valence-electron chi connectivity index (χ2n) is 7.18. The SMILES string of the molecule is Cc1ncc(C(=O)N2CCC(Cc3nccnc3-c3c(C)noc3C)C2)cn1. The van der Waals surface area contributed by atoms with Crippen molar-refractivity contribution in [2.45, 2.75) is 33.6 Å². The number of hydrogen-bond donors (Lipinski definition) is 0. The zero-order chi connectivity index (χ0) is 19.7. The average molecular weight is 378 g/mol. The van der Waals surface area contributed by atoms with Gasteiger partial charge in [-0.1, -0.05) is 5.16 Å². The van der Waals surface area contributed by atoms with Gasteiger partial charge in [-0.2, -0.15) is 0 Å². The molecule has 3 aromatic rings. The number of nitrogens with zero attached hydrogens (tertiary/aromatic N) is 6. The normalized spacial score (nSPS) is 16.5. The van der Waals surface area contributed by atoms with E-state index in [1.165, 1.54) is 0 Å². The van der Waals surface area contributed by atoms with Crippen LogP contribution in [-0.4, -0.2) is 49.0 Å². The average Bonchev–Trinajstić information content (AvgIpc) is 3.29.